The quantitative estimate of drug-likeness (QED) is 0.582. The van der Waals surface area contributed by atoms with Crippen LogP contribution in [0.5, 0.6) is 5.75 Å². The van der Waals surface area contributed by atoms with E-state index in [-0.39, 0.29) is 11.3 Å². The van der Waals surface area contributed by atoms with Crippen molar-refractivity contribution in [2.75, 3.05) is 11.9 Å². The van der Waals surface area contributed by atoms with E-state index in [0.717, 1.165) is 30.6 Å². The molecule has 0 bridgehead atoms. The maximum absolute atomic E-state index is 12.6. The zero-order valence-corrected chi connectivity index (χ0v) is 15.3. The number of aromatic carboxylic acids is 1. The van der Waals surface area contributed by atoms with Crippen molar-refractivity contribution in [2.45, 2.75) is 25.3 Å². The molecule has 0 saturated carbocycles. The van der Waals surface area contributed by atoms with Gasteiger partial charge in [0, 0.05) is 17.8 Å². The van der Waals surface area contributed by atoms with E-state index in [1.54, 1.807) is 12.1 Å². The van der Waals surface area contributed by atoms with Crippen LogP contribution in [-0.4, -0.2) is 36.5 Å². The molecule has 2 N–H and O–H groups in total. The van der Waals surface area contributed by atoms with E-state index in [1.165, 1.54) is 13.0 Å². The van der Waals surface area contributed by atoms with Crippen LogP contribution in [0, 0.1) is 6.92 Å². The summed E-state index contributed by atoms with van der Waals surface area (Å²) in [5.41, 5.74) is -4.08. The molecular formula is C17H15F3N2O5S. The molecule has 2 heterocycles. The number of carbonyl (C=O) groups is 1. The summed E-state index contributed by atoms with van der Waals surface area (Å²) >= 11 is 0. The van der Waals surface area contributed by atoms with Crippen molar-refractivity contribution in [1.29, 1.82) is 0 Å². The second-order valence-electron chi connectivity index (χ2n) is 6.19. The fraction of sp³-hybridized carbons (Fsp3) is 0.294. The van der Waals surface area contributed by atoms with Crippen LogP contribution in [-0.2, 0) is 16.5 Å². The summed E-state index contributed by atoms with van der Waals surface area (Å²) in [5, 5.41) is 12.5. The first kappa shape index (κ1) is 19.9. The number of hydrogen-bond donors (Lipinski definition) is 2. The third-order valence-electron chi connectivity index (χ3n) is 4.18. The van der Waals surface area contributed by atoms with Crippen molar-refractivity contribution in [2.24, 2.45) is 0 Å². The number of hydrogen-bond acceptors (Lipinski definition) is 6. The highest BCUT2D eigenvalue weighted by molar-refractivity contribution is 7.88. The van der Waals surface area contributed by atoms with E-state index in [9.17, 15) is 31.5 Å². The summed E-state index contributed by atoms with van der Waals surface area (Å²) in [5.74, 6) is -2.68. The number of nitrogens with zero attached hydrogens (tertiary/aromatic N) is 1. The highest BCUT2D eigenvalue weighted by Crippen LogP contribution is 2.34. The predicted octanol–water partition coefficient (Wildman–Crippen LogP) is 3.34. The number of carboxylic acids is 1. The van der Waals surface area contributed by atoms with Gasteiger partial charge in [-0.2, -0.15) is 21.6 Å². The number of nitrogens with one attached hydrogen (secondary N) is 1. The molecule has 0 aliphatic carbocycles. The first-order valence-corrected chi connectivity index (χ1v) is 9.53. The molecule has 3 rings (SSSR count). The Bertz CT molecular complexity index is 1050. The zero-order chi connectivity index (χ0) is 20.7. The summed E-state index contributed by atoms with van der Waals surface area (Å²) in [6.45, 7) is 2.03. The van der Waals surface area contributed by atoms with E-state index in [0.29, 0.717) is 5.56 Å². The highest BCUT2D eigenvalue weighted by Gasteiger charge is 2.49. The van der Waals surface area contributed by atoms with Crippen LogP contribution in [0.4, 0.5) is 18.9 Å². The summed E-state index contributed by atoms with van der Waals surface area (Å²) in [6, 6.07) is 6.60. The number of alkyl halides is 3. The van der Waals surface area contributed by atoms with Crippen molar-refractivity contribution in [3.05, 3.63) is 41.1 Å². The number of aromatic nitrogens is 1. The number of aryl methyl sites for hydroxylation is 2. The molecule has 7 nitrogen and oxygen atoms in total. The van der Waals surface area contributed by atoms with Crippen molar-refractivity contribution in [3.63, 3.8) is 0 Å². The minimum Gasteiger partial charge on any atom is -0.476 e. The smallest absolute Gasteiger partial charge is 0.476 e. The molecule has 1 aliphatic heterocycles. The third kappa shape index (κ3) is 3.75. The van der Waals surface area contributed by atoms with Crippen molar-refractivity contribution in [3.8, 4) is 17.0 Å². The van der Waals surface area contributed by atoms with Crippen LogP contribution in [0.1, 0.15) is 28.0 Å². The van der Waals surface area contributed by atoms with Crippen LogP contribution in [0.25, 0.3) is 11.3 Å². The molecule has 1 aromatic heterocycles. The van der Waals surface area contributed by atoms with Gasteiger partial charge in [0.15, 0.2) is 11.4 Å². The summed E-state index contributed by atoms with van der Waals surface area (Å²) in [4.78, 5) is 15.3. The second-order valence-corrected chi connectivity index (χ2v) is 7.73. The van der Waals surface area contributed by atoms with Crippen LogP contribution >= 0.6 is 0 Å². The minimum absolute atomic E-state index is 0.110. The van der Waals surface area contributed by atoms with Gasteiger partial charge in [0.05, 0.1) is 5.69 Å². The molecule has 2 aromatic rings. The molecule has 0 spiro atoms. The van der Waals surface area contributed by atoms with Gasteiger partial charge in [0.2, 0.25) is 0 Å². The summed E-state index contributed by atoms with van der Waals surface area (Å²) < 4.78 is 64.4. The van der Waals surface area contributed by atoms with Gasteiger partial charge < -0.3 is 14.6 Å². The second kappa shape index (κ2) is 6.97. The largest absolute Gasteiger partial charge is 0.534 e. The Hall–Kier alpha value is -2.82. The van der Waals surface area contributed by atoms with Gasteiger partial charge >= 0.3 is 21.6 Å². The first-order chi connectivity index (χ1) is 13.0. The van der Waals surface area contributed by atoms with Gasteiger partial charge in [-0.15, -0.1) is 0 Å². The molecule has 1 aromatic carbocycles. The van der Waals surface area contributed by atoms with Gasteiger partial charge in [-0.3, -0.25) is 0 Å². The lowest BCUT2D eigenvalue weighted by Crippen LogP contribution is -2.29. The van der Waals surface area contributed by atoms with E-state index in [4.69, 9.17) is 0 Å². The molecular weight excluding hydrogens is 401 g/mol. The molecule has 0 radical (unpaired) electrons. The number of halogens is 3. The third-order valence-corrected chi connectivity index (χ3v) is 5.13. The van der Waals surface area contributed by atoms with Crippen molar-refractivity contribution in [1.82, 2.24) is 4.98 Å². The molecule has 0 unspecified atom stereocenters. The summed E-state index contributed by atoms with van der Waals surface area (Å²) in [6.07, 6.45) is 1.87. The zero-order valence-electron chi connectivity index (χ0n) is 14.5. The standard InChI is InChI=1S/C17H15F3N2O5S/c1-9-7-13(11-5-4-10-3-2-6-21-12(10)8-11)22-14(16(23)24)15(9)27-28(25,26)17(18,19)20/h4-5,7-8,21H,2-3,6H2,1H3,(H,23,24). The lowest BCUT2D eigenvalue weighted by molar-refractivity contribution is -0.0500. The summed E-state index contributed by atoms with van der Waals surface area (Å²) in [7, 11) is -6.03. The van der Waals surface area contributed by atoms with E-state index >= 15 is 0 Å². The molecule has 28 heavy (non-hydrogen) atoms. The van der Waals surface area contributed by atoms with E-state index in [1.807, 2.05) is 6.07 Å². The van der Waals surface area contributed by atoms with Gasteiger partial charge in [-0.1, -0.05) is 12.1 Å². The Balaban J connectivity index is 2.08. The molecule has 0 fully saturated rings. The molecule has 1 aliphatic rings. The average molecular weight is 416 g/mol. The van der Waals surface area contributed by atoms with Crippen LogP contribution < -0.4 is 9.50 Å². The Morgan fingerprint density at radius 1 is 1.29 bits per heavy atom. The predicted molar refractivity (Wildman–Crippen MR) is 93.8 cm³/mol. The van der Waals surface area contributed by atoms with Crippen LogP contribution in [0.15, 0.2) is 24.3 Å². The van der Waals surface area contributed by atoms with E-state index in [2.05, 4.69) is 14.5 Å². The van der Waals surface area contributed by atoms with Crippen molar-refractivity contribution < 1.29 is 35.7 Å². The van der Waals surface area contributed by atoms with Crippen LogP contribution in [0.2, 0.25) is 0 Å². The SMILES string of the molecule is Cc1cc(-c2ccc3c(c2)NCCC3)nc(C(=O)O)c1OS(=O)(=O)C(F)(F)F. The number of pyridine rings is 1. The van der Waals surface area contributed by atoms with Gasteiger partial charge in [-0.05, 0) is 43.0 Å². The number of benzene rings is 1. The Kier molecular flexibility index (Phi) is 4.96. The Morgan fingerprint density at radius 3 is 2.64 bits per heavy atom. The Labute approximate surface area is 158 Å². The monoisotopic (exact) mass is 416 g/mol. The van der Waals surface area contributed by atoms with E-state index < -0.39 is 33.0 Å². The molecule has 150 valence electrons. The maximum atomic E-state index is 12.6. The van der Waals surface area contributed by atoms with Crippen LogP contribution in [0.3, 0.4) is 0 Å². The lowest BCUT2D eigenvalue weighted by atomic mass is 9.99. The fourth-order valence-electron chi connectivity index (χ4n) is 2.84. The lowest BCUT2D eigenvalue weighted by Gasteiger charge is -2.19. The molecule has 0 atom stereocenters. The maximum Gasteiger partial charge on any atom is 0.534 e. The number of anilines is 1. The Morgan fingerprint density at radius 2 is 2.00 bits per heavy atom. The first-order valence-electron chi connectivity index (χ1n) is 8.12. The number of rotatable bonds is 4. The highest BCUT2D eigenvalue weighted by atomic mass is 32.2. The molecule has 0 saturated heterocycles. The normalized spacial score (nSPS) is 14.1. The molecule has 0 amide bonds. The topological polar surface area (TPSA) is 106 Å². The van der Waals surface area contributed by atoms with Gasteiger partial charge in [0.25, 0.3) is 0 Å². The van der Waals surface area contributed by atoms with Gasteiger partial charge in [-0.25, -0.2) is 9.78 Å². The van der Waals surface area contributed by atoms with Gasteiger partial charge in [0.1, 0.15) is 0 Å². The molecule has 11 heteroatoms. The number of carboxylic acid groups (broad SMARTS) is 1. The van der Waals surface area contributed by atoms with Crippen molar-refractivity contribution >= 4 is 21.8 Å². The minimum atomic E-state index is -6.03. The average Bonchev–Trinajstić information content (AvgIpc) is 2.61. The number of fused-ring (bicyclic) bond motifs is 1. The fourth-order valence-corrected chi connectivity index (χ4v) is 3.36.